The predicted molar refractivity (Wildman–Crippen MR) is 44.2 cm³/mol. The first-order chi connectivity index (χ1) is 6.24. The Balaban J connectivity index is 3.27. The van der Waals surface area contributed by atoms with Crippen molar-refractivity contribution in [1.29, 1.82) is 0 Å². The van der Waals surface area contributed by atoms with Crippen LogP contribution in [-0.2, 0) is 19.8 Å². The number of halogens is 1. The number of benzene rings is 1. The van der Waals surface area contributed by atoms with Crippen LogP contribution < -0.4 is 0 Å². The third-order valence-corrected chi connectivity index (χ3v) is 1.96. The normalized spacial score (nSPS) is 10.5. The molecule has 4 heteroatoms. The summed E-state index contributed by atoms with van der Waals surface area (Å²) in [5, 5.41) is 26.6. The second kappa shape index (κ2) is 4.32. The third-order valence-electron chi connectivity index (χ3n) is 1.96. The molecule has 0 aliphatic carbocycles. The lowest BCUT2D eigenvalue weighted by Gasteiger charge is -2.10. The number of rotatable bonds is 3. The van der Waals surface area contributed by atoms with Crippen LogP contribution in [0.5, 0.6) is 0 Å². The van der Waals surface area contributed by atoms with E-state index in [1.807, 2.05) is 0 Å². The minimum atomic E-state index is -0.566. The van der Waals surface area contributed by atoms with Gasteiger partial charge in [-0.1, -0.05) is 6.07 Å². The van der Waals surface area contributed by atoms with Crippen LogP contribution in [0.15, 0.2) is 12.1 Å². The van der Waals surface area contributed by atoms with E-state index in [1.165, 1.54) is 6.07 Å². The molecular weight excluding hydrogens is 175 g/mol. The van der Waals surface area contributed by atoms with Gasteiger partial charge in [0, 0.05) is 5.56 Å². The first-order valence-corrected chi connectivity index (χ1v) is 3.86. The number of aliphatic hydroxyl groups excluding tert-OH is 3. The van der Waals surface area contributed by atoms with Crippen molar-refractivity contribution in [2.24, 2.45) is 0 Å². The van der Waals surface area contributed by atoms with Gasteiger partial charge in [0.1, 0.15) is 5.82 Å². The van der Waals surface area contributed by atoms with Crippen LogP contribution in [-0.4, -0.2) is 15.3 Å². The third kappa shape index (κ3) is 1.85. The van der Waals surface area contributed by atoms with Gasteiger partial charge in [-0.05, 0) is 17.2 Å². The van der Waals surface area contributed by atoms with E-state index < -0.39 is 12.4 Å². The minimum absolute atomic E-state index is 0.0500. The highest BCUT2D eigenvalue weighted by Gasteiger charge is 2.10. The maximum absolute atomic E-state index is 13.0. The van der Waals surface area contributed by atoms with Gasteiger partial charge in [0.05, 0.1) is 19.8 Å². The van der Waals surface area contributed by atoms with Crippen LogP contribution in [0.3, 0.4) is 0 Å². The van der Waals surface area contributed by atoms with Crippen molar-refractivity contribution in [2.75, 3.05) is 0 Å². The van der Waals surface area contributed by atoms with E-state index in [1.54, 1.807) is 0 Å². The van der Waals surface area contributed by atoms with Gasteiger partial charge in [-0.2, -0.15) is 0 Å². The van der Waals surface area contributed by atoms with Gasteiger partial charge in [-0.25, -0.2) is 4.39 Å². The van der Waals surface area contributed by atoms with E-state index in [0.29, 0.717) is 5.56 Å². The molecule has 1 aromatic rings. The van der Waals surface area contributed by atoms with Crippen LogP contribution in [0.4, 0.5) is 4.39 Å². The first-order valence-electron chi connectivity index (χ1n) is 3.86. The summed E-state index contributed by atoms with van der Waals surface area (Å²) >= 11 is 0. The Morgan fingerprint density at radius 3 is 2.00 bits per heavy atom. The van der Waals surface area contributed by atoms with Crippen LogP contribution in [0, 0.1) is 5.82 Å². The van der Waals surface area contributed by atoms with Gasteiger partial charge in [0.15, 0.2) is 0 Å². The molecule has 0 bridgehead atoms. The van der Waals surface area contributed by atoms with E-state index in [0.717, 1.165) is 6.07 Å². The van der Waals surface area contributed by atoms with Crippen molar-refractivity contribution >= 4 is 0 Å². The molecular formula is C9H11FO3. The van der Waals surface area contributed by atoms with Crippen molar-refractivity contribution in [3.63, 3.8) is 0 Å². The summed E-state index contributed by atoms with van der Waals surface area (Å²) in [4.78, 5) is 0. The topological polar surface area (TPSA) is 60.7 Å². The lowest BCUT2D eigenvalue weighted by molar-refractivity contribution is 0.244. The van der Waals surface area contributed by atoms with Crippen LogP contribution in [0.2, 0.25) is 0 Å². The fourth-order valence-electron chi connectivity index (χ4n) is 1.23. The summed E-state index contributed by atoms with van der Waals surface area (Å²) in [6.07, 6.45) is 0. The van der Waals surface area contributed by atoms with Crippen molar-refractivity contribution in [2.45, 2.75) is 19.8 Å². The SMILES string of the molecule is OCc1ccc(F)c(CO)c1CO. The smallest absolute Gasteiger partial charge is 0.129 e. The summed E-state index contributed by atoms with van der Waals surface area (Å²) in [7, 11) is 0. The van der Waals surface area contributed by atoms with E-state index in [-0.39, 0.29) is 24.3 Å². The lowest BCUT2D eigenvalue weighted by atomic mass is 10.0. The molecule has 0 saturated heterocycles. The maximum atomic E-state index is 13.0. The predicted octanol–water partition coefficient (Wildman–Crippen LogP) is 0.303. The highest BCUT2D eigenvalue weighted by Crippen LogP contribution is 2.18. The van der Waals surface area contributed by atoms with Crippen molar-refractivity contribution in [3.8, 4) is 0 Å². The highest BCUT2D eigenvalue weighted by molar-refractivity contribution is 5.35. The molecule has 13 heavy (non-hydrogen) atoms. The number of hydrogen-bond acceptors (Lipinski definition) is 3. The van der Waals surface area contributed by atoms with Gasteiger partial charge < -0.3 is 15.3 Å². The average molecular weight is 186 g/mol. The van der Waals surface area contributed by atoms with Crippen LogP contribution >= 0.6 is 0 Å². The lowest BCUT2D eigenvalue weighted by Crippen LogP contribution is -2.03. The van der Waals surface area contributed by atoms with Crippen molar-refractivity contribution in [3.05, 3.63) is 34.6 Å². The van der Waals surface area contributed by atoms with E-state index in [4.69, 9.17) is 15.3 Å². The molecule has 72 valence electrons. The quantitative estimate of drug-likeness (QED) is 0.636. The second-order valence-corrected chi connectivity index (χ2v) is 2.64. The van der Waals surface area contributed by atoms with Crippen LogP contribution in [0.1, 0.15) is 16.7 Å². The zero-order valence-electron chi connectivity index (χ0n) is 7.00. The molecule has 0 fully saturated rings. The molecule has 0 atom stereocenters. The molecule has 3 N–H and O–H groups in total. The summed E-state index contributed by atoms with van der Waals surface area (Å²) < 4.78 is 13.0. The van der Waals surface area contributed by atoms with Crippen molar-refractivity contribution < 1.29 is 19.7 Å². The average Bonchev–Trinajstić information content (AvgIpc) is 2.17. The standard InChI is InChI=1S/C9H11FO3/c10-9-2-1-6(3-11)7(4-12)8(9)5-13/h1-2,11-13H,3-5H2. The van der Waals surface area contributed by atoms with Crippen molar-refractivity contribution in [1.82, 2.24) is 0 Å². The molecule has 1 aromatic carbocycles. The molecule has 0 spiro atoms. The van der Waals surface area contributed by atoms with E-state index in [2.05, 4.69) is 0 Å². The Bertz CT molecular complexity index is 299. The second-order valence-electron chi connectivity index (χ2n) is 2.64. The maximum Gasteiger partial charge on any atom is 0.129 e. The molecule has 0 aliphatic heterocycles. The van der Waals surface area contributed by atoms with Gasteiger partial charge in [-0.3, -0.25) is 0 Å². The van der Waals surface area contributed by atoms with E-state index in [9.17, 15) is 4.39 Å². The molecule has 1 rings (SSSR count). The molecule has 0 aromatic heterocycles. The summed E-state index contributed by atoms with van der Waals surface area (Å²) in [6, 6.07) is 2.55. The number of aliphatic hydroxyl groups is 3. The Hall–Kier alpha value is -0.970. The summed E-state index contributed by atoms with van der Waals surface area (Å²) in [5.41, 5.74) is 0.756. The molecule has 0 unspecified atom stereocenters. The summed E-state index contributed by atoms with van der Waals surface area (Å²) in [6.45, 7) is -1.14. The Morgan fingerprint density at radius 1 is 0.923 bits per heavy atom. The van der Waals surface area contributed by atoms with Gasteiger partial charge in [0.25, 0.3) is 0 Å². The monoisotopic (exact) mass is 186 g/mol. The van der Waals surface area contributed by atoms with Gasteiger partial charge in [-0.15, -0.1) is 0 Å². The zero-order chi connectivity index (χ0) is 9.84. The molecule has 0 saturated carbocycles. The minimum Gasteiger partial charge on any atom is -0.392 e. The Kier molecular flexibility index (Phi) is 3.36. The fourth-order valence-corrected chi connectivity index (χ4v) is 1.23. The summed E-state index contributed by atoms with van der Waals surface area (Å²) in [5.74, 6) is -0.566. The highest BCUT2D eigenvalue weighted by atomic mass is 19.1. The molecule has 0 heterocycles. The van der Waals surface area contributed by atoms with Crippen LogP contribution in [0.25, 0.3) is 0 Å². The molecule has 0 aliphatic rings. The Labute approximate surface area is 75.1 Å². The molecule has 0 amide bonds. The molecule has 0 radical (unpaired) electrons. The molecule has 3 nitrogen and oxygen atoms in total. The number of hydrogen-bond donors (Lipinski definition) is 3. The fraction of sp³-hybridized carbons (Fsp3) is 0.333. The zero-order valence-corrected chi connectivity index (χ0v) is 7.00. The van der Waals surface area contributed by atoms with E-state index >= 15 is 0 Å². The largest absolute Gasteiger partial charge is 0.392 e. The van der Waals surface area contributed by atoms with Gasteiger partial charge in [0.2, 0.25) is 0 Å². The first kappa shape index (κ1) is 10.1. The van der Waals surface area contributed by atoms with Gasteiger partial charge >= 0.3 is 0 Å². The Morgan fingerprint density at radius 2 is 1.54 bits per heavy atom.